The summed E-state index contributed by atoms with van der Waals surface area (Å²) in [4.78, 5) is 26.2. The Morgan fingerprint density at radius 1 is 0.962 bits per heavy atom. The van der Waals surface area contributed by atoms with Crippen LogP contribution in [0.4, 0.5) is 0 Å². The average molecular weight is 944 g/mol. The van der Waals surface area contributed by atoms with Crippen LogP contribution >= 0.6 is 0 Å². The summed E-state index contributed by atoms with van der Waals surface area (Å²) < 4.78 is 2.74. The molecule has 0 bridgehead atoms. The molecule has 0 aliphatic heterocycles. The molecule has 1 aliphatic carbocycles. The molecule has 1 fully saturated rings. The predicted octanol–water partition coefficient (Wildman–Crippen LogP) is 12.0. The van der Waals surface area contributed by atoms with Gasteiger partial charge in [-0.2, -0.15) is 0 Å². The number of benzene rings is 2. The quantitative estimate of drug-likeness (QED) is 0.0690. The summed E-state index contributed by atoms with van der Waals surface area (Å²) in [6.45, 7) is 21.7. The number of carbonyl (C=O) groups excluding carboxylic acids is 1. The van der Waals surface area contributed by atoms with E-state index in [1.54, 1.807) is 6.33 Å². The molecule has 5 aromatic rings. The number of rotatable bonds is 9. The predicted molar refractivity (Wildman–Crippen MR) is 216 cm³/mol. The van der Waals surface area contributed by atoms with Crippen molar-refractivity contribution < 1.29 is 30.0 Å². The number of aliphatic hydroxyl groups is 1. The summed E-state index contributed by atoms with van der Waals surface area (Å²) in [5, 5.41) is 12.1. The van der Waals surface area contributed by atoms with Gasteiger partial charge in [0.25, 0.3) is 0 Å². The van der Waals surface area contributed by atoms with E-state index in [0.717, 1.165) is 59.1 Å². The first kappa shape index (κ1) is 42.1. The fourth-order valence-corrected chi connectivity index (χ4v) is 10.0. The molecule has 0 atom stereocenters. The zero-order chi connectivity index (χ0) is 37.1. The molecule has 2 aromatic carbocycles. The zero-order valence-corrected chi connectivity index (χ0v) is 37.1. The first-order valence-electron chi connectivity index (χ1n) is 19.2. The molecule has 0 amide bonds. The summed E-state index contributed by atoms with van der Waals surface area (Å²) in [6.07, 6.45) is 11.9. The molecule has 52 heavy (non-hydrogen) atoms. The second kappa shape index (κ2) is 17.6. The number of pyridine rings is 1. The van der Waals surface area contributed by atoms with Crippen LogP contribution in [0.5, 0.6) is 0 Å². The van der Waals surface area contributed by atoms with Gasteiger partial charge in [0.2, 0.25) is 0 Å². The molecule has 7 heteroatoms. The van der Waals surface area contributed by atoms with E-state index < -0.39 is 0 Å². The van der Waals surface area contributed by atoms with Gasteiger partial charge >= 0.3 is 221 Å². The molecule has 6 rings (SSSR count). The van der Waals surface area contributed by atoms with E-state index in [2.05, 4.69) is 84.0 Å². The van der Waals surface area contributed by atoms with Crippen molar-refractivity contribution >= 4 is 50.6 Å². The summed E-state index contributed by atoms with van der Waals surface area (Å²) >= 11 is 0.182. The number of fused-ring (bicyclic) bond motifs is 4. The standard InChI is InChI=1S/C32H34N3Se.C13H24O2.Ir/c1-19-7-8-22-15-23(16-25(27(22)35-19)31(2,3)4)28-30-29(34-18-33-28)24-10-9-21(17-26(24)36-30)20-11-13-32(5,6)14-12-20;1-5-10(6-2)12(14)9-13(15)11(7-3)8-4;/h7-10,16-18,20H,11-14H2,1-6H3;9-11,14H,5-8H2,1-4H3;/q-1;;/b;12-9-;. The molecule has 1 saturated carbocycles. The fourth-order valence-electron chi connectivity index (χ4n) is 7.51. The molecule has 1 radical (unpaired) electrons. The molecular weight excluding hydrogens is 886 g/mol. The number of allylic oxidation sites excluding steroid dienone is 2. The fraction of sp³-hybridized carbons (Fsp3) is 0.511. The van der Waals surface area contributed by atoms with Crippen molar-refractivity contribution in [3.05, 3.63) is 77.4 Å². The summed E-state index contributed by atoms with van der Waals surface area (Å²) in [5.74, 6) is 1.23. The van der Waals surface area contributed by atoms with Crippen molar-refractivity contribution in [1.82, 2.24) is 15.0 Å². The molecule has 1 aliphatic rings. The minimum atomic E-state index is -0.0311. The number of aryl methyl sites for hydroxylation is 1. The van der Waals surface area contributed by atoms with Gasteiger partial charge in [-0.3, -0.25) is 4.79 Å². The van der Waals surface area contributed by atoms with Gasteiger partial charge in [0, 0.05) is 38.0 Å². The Morgan fingerprint density at radius 3 is 2.23 bits per heavy atom. The van der Waals surface area contributed by atoms with Gasteiger partial charge in [0.1, 0.15) is 0 Å². The van der Waals surface area contributed by atoms with E-state index in [-0.39, 0.29) is 63.4 Å². The smallest absolute Gasteiger partial charge is 0 e. The number of aromatic nitrogens is 3. The molecule has 281 valence electrons. The number of carbonyl (C=O) groups is 1. The molecule has 5 nitrogen and oxygen atoms in total. The van der Waals surface area contributed by atoms with E-state index in [0.29, 0.717) is 11.3 Å². The monoisotopic (exact) mass is 945 g/mol. The molecule has 0 unspecified atom stereocenters. The van der Waals surface area contributed by atoms with Crippen LogP contribution in [-0.4, -0.2) is 40.3 Å². The number of hydrogen-bond acceptors (Lipinski definition) is 5. The van der Waals surface area contributed by atoms with E-state index in [4.69, 9.17) is 15.0 Å². The summed E-state index contributed by atoms with van der Waals surface area (Å²) in [7, 11) is 0. The third kappa shape index (κ3) is 9.51. The van der Waals surface area contributed by atoms with Crippen LogP contribution in [0.25, 0.3) is 41.6 Å². The van der Waals surface area contributed by atoms with Crippen LogP contribution in [0.15, 0.2) is 54.6 Å². The van der Waals surface area contributed by atoms with Gasteiger partial charge in [-0.15, -0.1) is 0 Å². The van der Waals surface area contributed by atoms with Gasteiger partial charge in [-0.25, -0.2) is 0 Å². The Balaban J connectivity index is 0.000000323. The van der Waals surface area contributed by atoms with Crippen molar-refractivity contribution in [3.8, 4) is 11.3 Å². The van der Waals surface area contributed by atoms with Crippen molar-refractivity contribution in [2.75, 3.05) is 0 Å². The first-order valence-corrected chi connectivity index (χ1v) is 20.9. The maximum absolute atomic E-state index is 11.7. The second-order valence-electron chi connectivity index (χ2n) is 16.4. The number of aliphatic hydroxyl groups excluding tert-OH is 1. The van der Waals surface area contributed by atoms with E-state index in [1.165, 1.54) is 56.8 Å². The minimum absolute atomic E-state index is 0. The van der Waals surface area contributed by atoms with Crippen LogP contribution < -0.4 is 0 Å². The third-order valence-electron chi connectivity index (χ3n) is 11.1. The van der Waals surface area contributed by atoms with Gasteiger partial charge < -0.3 is 5.11 Å². The Hall–Kier alpha value is -2.69. The first-order chi connectivity index (χ1) is 24.2. The third-order valence-corrected chi connectivity index (χ3v) is 13.5. The number of hydrogen-bond donors (Lipinski definition) is 1. The SMILES string of the molecule is CCC(CC)C(=O)/C=C(\O)C(CC)CC.Cc1ccc2[c-]c(-c3ncnc4c3[se]c3cc(C5CCC(C)(C)CC5)ccc34)cc(C(C)(C)C)c2n1.[Ir]. The van der Waals surface area contributed by atoms with Crippen LogP contribution in [0.3, 0.4) is 0 Å². The zero-order valence-electron chi connectivity index (χ0n) is 32.9. The molecular formula is C45H58IrN3O2Se-. The van der Waals surface area contributed by atoms with Crippen molar-refractivity contribution in [2.45, 2.75) is 132 Å². The number of nitrogens with zero attached hydrogens (tertiary/aromatic N) is 3. The van der Waals surface area contributed by atoms with Gasteiger partial charge in [0.05, 0.1) is 5.76 Å². The van der Waals surface area contributed by atoms with Crippen LogP contribution in [-0.2, 0) is 30.3 Å². The van der Waals surface area contributed by atoms with Gasteiger partial charge in [-0.05, 0) is 25.7 Å². The number of ketones is 1. The van der Waals surface area contributed by atoms with Crippen LogP contribution in [0, 0.1) is 30.2 Å². The van der Waals surface area contributed by atoms with E-state index in [9.17, 15) is 9.90 Å². The molecule has 3 heterocycles. The largest absolute Gasteiger partial charge is 0 e. The Bertz CT molecular complexity index is 2020. The Morgan fingerprint density at radius 2 is 1.62 bits per heavy atom. The molecule has 0 spiro atoms. The van der Waals surface area contributed by atoms with Gasteiger partial charge in [-0.1, -0.05) is 27.7 Å². The maximum atomic E-state index is 11.7. The van der Waals surface area contributed by atoms with Crippen LogP contribution in [0.1, 0.15) is 136 Å². The Labute approximate surface area is 331 Å². The van der Waals surface area contributed by atoms with Crippen molar-refractivity contribution in [2.24, 2.45) is 17.3 Å². The second-order valence-corrected chi connectivity index (χ2v) is 18.6. The topological polar surface area (TPSA) is 76.0 Å². The van der Waals surface area contributed by atoms with Crippen molar-refractivity contribution in [1.29, 1.82) is 0 Å². The van der Waals surface area contributed by atoms with Gasteiger partial charge in [0.15, 0.2) is 5.78 Å². The summed E-state index contributed by atoms with van der Waals surface area (Å²) in [6, 6.07) is 17.3. The van der Waals surface area contributed by atoms with Crippen LogP contribution in [0.2, 0.25) is 0 Å². The summed E-state index contributed by atoms with van der Waals surface area (Å²) in [5.41, 5.74) is 8.50. The van der Waals surface area contributed by atoms with Crippen molar-refractivity contribution in [3.63, 3.8) is 0 Å². The van der Waals surface area contributed by atoms with E-state index in [1.807, 2.05) is 27.7 Å². The normalized spacial score (nSPS) is 15.3. The minimum Gasteiger partial charge on any atom is 0 e. The molecule has 1 N–H and O–H groups in total. The van der Waals surface area contributed by atoms with E-state index >= 15 is 0 Å². The Kier molecular flexibility index (Phi) is 14.3. The molecule has 3 aromatic heterocycles. The average Bonchev–Trinajstić information content (AvgIpc) is 3.47. The maximum Gasteiger partial charge on any atom is 0 e. The molecule has 0 saturated heterocycles.